The van der Waals surface area contributed by atoms with Crippen molar-refractivity contribution in [1.29, 1.82) is 0 Å². The van der Waals surface area contributed by atoms with Crippen molar-refractivity contribution in [2.24, 2.45) is 0 Å². The van der Waals surface area contributed by atoms with E-state index < -0.39 is 24.1 Å². The number of halogens is 3. The van der Waals surface area contributed by atoms with Crippen LogP contribution in [0.3, 0.4) is 0 Å². The quantitative estimate of drug-likeness (QED) is 0.171. The molecule has 1 aliphatic heterocycles. The van der Waals surface area contributed by atoms with Gasteiger partial charge < -0.3 is 15.7 Å². The van der Waals surface area contributed by atoms with Crippen molar-refractivity contribution < 1.29 is 19.5 Å². The molecule has 196 valence electrons. The Balaban J connectivity index is 0.00000400. The van der Waals surface area contributed by atoms with Gasteiger partial charge in [0.1, 0.15) is 12.1 Å². The number of benzene rings is 2. The Kier molecular flexibility index (Phi) is 10.9. The van der Waals surface area contributed by atoms with Crippen LogP contribution in [0.25, 0.3) is 0 Å². The number of carboxylic acid groups (broad SMARTS) is 1. The van der Waals surface area contributed by atoms with Crippen LogP contribution in [0.15, 0.2) is 63.9 Å². The minimum absolute atomic E-state index is 0. The normalized spacial score (nSPS) is 20.3. The van der Waals surface area contributed by atoms with Crippen molar-refractivity contribution in [2.45, 2.75) is 44.3 Å². The zero-order valence-electron chi connectivity index (χ0n) is 20.0. The zero-order valence-corrected chi connectivity index (χ0v) is 23.7. The summed E-state index contributed by atoms with van der Waals surface area (Å²) in [6.45, 7) is 2.23. The molecule has 1 heterocycles. The average Bonchev–Trinajstić information content (AvgIpc) is 2.82. The summed E-state index contributed by atoms with van der Waals surface area (Å²) in [6.07, 6.45) is 4.36. The van der Waals surface area contributed by atoms with E-state index in [2.05, 4.69) is 22.6 Å². The van der Waals surface area contributed by atoms with Crippen LogP contribution in [-0.4, -0.2) is 74.7 Å². The predicted molar refractivity (Wildman–Crippen MR) is 160 cm³/mol. The number of piperazine rings is 1. The summed E-state index contributed by atoms with van der Waals surface area (Å²) in [5.41, 5.74) is 8.84. The topological polar surface area (TPSA) is 104 Å². The summed E-state index contributed by atoms with van der Waals surface area (Å²) in [6, 6.07) is 10.3. The van der Waals surface area contributed by atoms with Crippen molar-refractivity contribution in [3.63, 3.8) is 0 Å². The van der Waals surface area contributed by atoms with E-state index in [0.717, 1.165) is 9.14 Å². The molecule has 38 heavy (non-hydrogen) atoms. The number of carboxylic acids is 1. The van der Waals surface area contributed by atoms with Crippen LogP contribution in [0.4, 0.5) is 5.69 Å². The minimum atomic E-state index is -0.882. The summed E-state index contributed by atoms with van der Waals surface area (Å²) >= 11 is 14.4. The van der Waals surface area contributed by atoms with Crippen LogP contribution in [-0.2, 0) is 14.4 Å². The van der Waals surface area contributed by atoms with E-state index >= 15 is 0 Å². The third-order valence-electron chi connectivity index (χ3n) is 6.68. The van der Waals surface area contributed by atoms with Crippen molar-refractivity contribution in [2.75, 3.05) is 12.3 Å². The van der Waals surface area contributed by atoms with Gasteiger partial charge in [-0.05, 0) is 89.9 Å². The Morgan fingerprint density at radius 3 is 2.34 bits per heavy atom. The fourth-order valence-corrected chi connectivity index (χ4v) is 5.91. The first-order chi connectivity index (χ1) is 17.6. The second-order valence-corrected chi connectivity index (χ2v) is 11.2. The molecular weight excluding hydrogens is 651 g/mol. The summed E-state index contributed by atoms with van der Waals surface area (Å²) in [5, 5.41) is 10.1. The SMILES string of the molecule is CC(c1ccc(Cl)cc1N)N1C2C(=O)C=C(I)C=C2N(CCCCC(=O)O)C(=O)C1c1ccc(Cl)cc1.[NaH]. The van der Waals surface area contributed by atoms with Crippen LogP contribution in [0.1, 0.15) is 49.4 Å². The molecule has 0 bridgehead atoms. The number of fused-ring (bicyclic) bond motifs is 1. The Morgan fingerprint density at radius 2 is 1.71 bits per heavy atom. The molecule has 0 saturated carbocycles. The predicted octanol–water partition coefficient (Wildman–Crippen LogP) is 5.28. The fourth-order valence-electron chi connectivity index (χ4n) is 4.98. The number of nitrogens with zero attached hydrogens (tertiary/aromatic N) is 2. The Morgan fingerprint density at radius 1 is 1.05 bits per heavy atom. The maximum atomic E-state index is 14.2. The summed E-state index contributed by atoms with van der Waals surface area (Å²) in [4.78, 5) is 42.3. The van der Waals surface area contributed by atoms with Crippen LogP contribution < -0.4 is 5.73 Å². The Labute approximate surface area is 267 Å². The van der Waals surface area contributed by atoms with Gasteiger partial charge in [0.25, 0.3) is 0 Å². The number of ketones is 1. The van der Waals surface area contributed by atoms with Crippen molar-refractivity contribution >= 4 is 98.7 Å². The van der Waals surface area contributed by atoms with Gasteiger partial charge in [-0.3, -0.25) is 19.3 Å². The number of amides is 1. The number of aliphatic carboxylic acids is 1. The van der Waals surface area contributed by atoms with Gasteiger partial charge >= 0.3 is 35.5 Å². The molecule has 2 aromatic rings. The van der Waals surface area contributed by atoms with Gasteiger partial charge in [-0.15, -0.1) is 0 Å². The summed E-state index contributed by atoms with van der Waals surface area (Å²) in [5.74, 6) is -1.21. The first-order valence-electron chi connectivity index (χ1n) is 11.8. The molecule has 7 nitrogen and oxygen atoms in total. The molecule has 1 fully saturated rings. The van der Waals surface area contributed by atoms with Gasteiger partial charge in [-0.1, -0.05) is 41.4 Å². The van der Waals surface area contributed by atoms with E-state index in [1.165, 1.54) is 0 Å². The number of rotatable bonds is 8. The number of unbranched alkanes of at least 4 members (excludes halogenated alkanes) is 1. The summed E-state index contributed by atoms with van der Waals surface area (Å²) < 4.78 is 0.723. The van der Waals surface area contributed by atoms with Gasteiger partial charge in [-0.25, -0.2) is 0 Å². The third kappa shape index (κ3) is 6.66. The van der Waals surface area contributed by atoms with E-state index in [-0.39, 0.29) is 47.7 Å². The molecule has 3 atom stereocenters. The second kappa shape index (κ2) is 13.3. The molecule has 1 saturated heterocycles. The molecule has 1 aliphatic carbocycles. The number of hydrogen-bond acceptors (Lipinski definition) is 5. The molecule has 4 rings (SSSR count). The number of allylic oxidation sites excluding steroid dienone is 2. The maximum absolute atomic E-state index is 14.2. The van der Waals surface area contributed by atoms with Crippen molar-refractivity contribution in [1.82, 2.24) is 9.80 Å². The Bertz CT molecular complexity index is 1300. The number of hydrogen-bond donors (Lipinski definition) is 2. The van der Waals surface area contributed by atoms with Gasteiger partial charge in [-0.2, -0.15) is 0 Å². The molecule has 11 heteroatoms. The molecule has 3 unspecified atom stereocenters. The molecule has 2 aliphatic rings. The van der Waals surface area contributed by atoms with E-state index in [9.17, 15) is 14.4 Å². The standard InChI is InChI=1S/C27H26Cl2IN3O4.Na.H/c1-15(20-10-9-18(29)12-21(20)31)33-25(16-5-7-17(28)8-6-16)27(37)32(11-3-2-4-24(35)36)22-13-19(30)14-23(34)26(22)33;;/h5-10,12-15,25-26H,2-4,11,31H2,1H3,(H,35,36);;. The van der Waals surface area contributed by atoms with Crippen LogP contribution in [0.5, 0.6) is 0 Å². The molecule has 0 spiro atoms. The van der Waals surface area contributed by atoms with E-state index in [1.54, 1.807) is 47.4 Å². The molecule has 0 aromatic heterocycles. The summed E-state index contributed by atoms with van der Waals surface area (Å²) in [7, 11) is 0. The van der Waals surface area contributed by atoms with E-state index in [4.69, 9.17) is 34.0 Å². The van der Waals surface area contributed by atoms with Gasteiger partial charge in [0.05, 0.1) is 0 Å². The molecular formula is C27H27Cl2IN3NaO4. The van der Waals surface area contributed by atoms with Crippen LogP contribution in [0, 0.1) is 0 Å². The van der Waals surface area contributed by atoms with Gasteiger partial charge in [0, 0.05) is 44.0 Å². The van der Waals surface area contributed by atoms with Crippen LogP contribution in [0.2, 0.25) is 10.0 Å². The van der Waals surface area contributed by atoms with Gasteiger partial charge in [0.15, 0.2) is 5.78 Å². The van der Waals surface area contributed by atoms with E-state index in [1.807, 2.05) is 24.0 Å². The monoisotopic (exact) mass is 677 g/mol. The van der Waals surface area contributed by atoms with Crippen molar-refractivity contribution in [3.8, 4) is 0 Å². The number of nitrogen functional groups attached to an aromatic ring is 1. The number of nitrogens with two attached hydrogens (primary N) is 1. The molecule has 3 N–H and O–H groups in total. The molecule has 2 aromatic carbocycles. The van der Waals surface area contributed by atoms with Gasteiger partial charge in [0.2, 0.25) is 5.91 Å². The van der Waals surface area contributed by atoms with Crippen LogP contribution >= 0.6 is 45.8 Å². The second-order valence-electron chi connectivity index (χ2n) is 9.09. The fraction of sp³-hybridized carbons (Fsp3) is 0.296. The number of carbonyl (C=O) groups excluding carboxylic acids is 2. The molecule has 1 amide bonds. The molecule has 0 radical (unpaired) electrons. The number of carbonyl (C=O) groups is 3. The van der Waals surface area contributed by atoms with Crippen molar-refractivity contribution in [3.05, 3.63) is 85.1 Å². The first-order valence-corrected chi connectivity index (χ1v) is 13.7. The third-order valence-corrected chi connectivity index (χ3v) is 7.79. The first kappa shape index (κ1) is 31.1. The van der Waals surface area contributed by atoms with E-state index in [0.29, 0.717) is 46.4 Å². The Hall–Kier alpha value is -1.40. The average molecular weight is 678 g/mol. The zero-order chi connectivity index (χ0) is 26.9. The number of anilines is 1.